The van der Waals surface area contributed by atoms with Crippen LogP contribution in [0.2, 0.25) is 0 Å². The lowest BCUT2D eigenvalue weighted by Gasteiger charge is -2.48. The fourth-order valence-corrected chi connectivity index (χ4v) is 6.35. The third-order valence-electron chi connectivity index (χ3n) is 8.20. The van der Waals surface area contributed by atoms with Crippen molar-refractivity contribution in [1.29, 1.82) is 0 Å². The maximum Gasteiger partial charge on any atom is 0.332 e. The second-order valence-corrected chi connectivity index (χ2v) is 11.1. The number of benzene rings is 1. The predicted octanol–water partition coefficient (Wildman–Crippen LogP) is 2.67. The van der Waals surface area contributed by atoms with Gasteiger partial charge in [0, 0.05) is 58.0 Å². The van der Waals surface area contributed by atoms with Gasteiger partial charge >= 0.3 is 6.03 Å². The van der Waals surface area contributed by atoms with Gasteiger partial charge in [-0.05, 0) is 41.9 Å². The molecule has 0 spiro atoms. The van der Waals surface area contributed by atoms with Crippen LogP contribution in [0.1, 0.15) is 48.9 Å². The molecule has 0 N–H and O–H groups in total. The molecule has 190 valence electrons. The van der Waals surface area contributed by atoms with E-state index in [0.29, 0.717) is 25.6 Å². The van der Waals surface area contributed by atoms with Gasteiger partial charge in [0.2, 0.25) is 11.8 Å². The van der Waals surface area contributed by atoms with Crippen molar-refractivity contribution in [2.24, 2.45) is 11.3 Å². The number of likely N-dealkylation sites (tertiary alicyclic amines) is 1. The van der Waals surface area contributed by atoms with Crippen molar-refractivity contribution in [3.05, 3.63) is 69.6 Å². The molecule has 5 rings (SSSR count). The summed E-state index contributed by atoms with van der Waals surface area (Å²) in [6.07, 6.45) is 1.22. The molecule has 2 fully saturated rings. The Bertz CT molecular complexity index is 1240. The minimum absolute atomic E-state index is 0.0244. The number of carbonyl (C=O) groups excluding carboxylic acids is 3. The smallest absolute Gasteiger partial charge is 0.312 e. The molecule has 36 heavy (non-hydrogen) atoms. The molecule has 2 bridgehead atoms. The number of aromatic nitrogens is 1. The van der Waals surface area contributed by atoms with Gasteiger partial charge in [0.1, 0.15) is 5.41 Å². The molecule has 3 aliphatic rings. The number of fused-ring (bicyclic) bond motifs is 4. The second-order valence-electron chi connectivity index (χ2n) is 11.1. The summed E-state index contributed by atoms with van der Waals surface area (Å²) in [6, 6.07) is 12.9. The normalized spacial score (nSPS) is 23.9. The number of nitrogens with zero attached hydrogens (tertiary/aromatic N) is 4. The Kier molecular flexibility index (Phi) is 6.11. The van der Waals surface area contributed by atoms with E-state index in [1.54, 1.807) is 12.1 Å². The van der Waals surface area contributed by atoms with Crippen LogP contribution in [0, 0.1) is 11.3 Å². The van der Waals surface area contributed by atoms with E-state index in [1.807, 2.05) is 34.9 Å². The van der Waals surface area contributed by atoms with Crippen molar-refractivity contribution >= 4 is 17.8 Å². The summed E-state index contributed by atoms with van der Waals surface area (Å²) in [4.78, 5) is 56.9. The Balaban J connectivity index is 1.49. The van der Waals surface area contributed by atoms with Gasteiger partial charge in [-0.15, -0.1) is 0 Å². The minimum Gasteiger partial charge on any atom is -0.312 e. The summed E-state index contributed by atoms with van der Waals surface area (Å²) in [5.41, 5.74) is 1.74. The van der Waals surface area contributed by atoms with Gasteiger partial charge in [-0.2, -0.15) is 0 Å². The first-order valence-electron chi connectivity index (χ1n) is 12.7. The van der Waals surface area contributed by atoms with Crippen molar-refractivity contribution < 1.29 is 14.4 Å². The van der Waals surface area contributed by atoms with Crippen molar-refractivity contribution in [3.63, 3.8) is 0 Å². The van der Waals surface area contributed by atoms with E-state index >= 15 is 0 Å². The number of urea groups is 1. The van der Waals surface area contributed by atoms with Gasteiger partial charge in [-0.3, -0.25) is 24.2 Å². The lowest BCUT2D eigenvalue weighted by molar-refractivity contribution is -0.159. The van der Waals surface area contributed by atoms with Gasteiger partial charge in [-0.25, -0.2) is 4.79 Å². The average Bonchev–Trinajstić information content (AvgIpc) is 2.86. The fourth-order valence-electron chi connectivity index (χ4n) is 6.35. The standard InChI is InChI=1S/C28H34N4O4/c1-18(2)21-10-8-19(9-11-21)13-28(25(34)29(3)27(36)30(4)26(28)35)17-31-14-20-12-22(16-31)23-6-5-7-24(33)32(23)15-20/h5-11,18,20,22H,12-17H2,1-4H3/t20-,22+/m0/s1. The number of pyridine rings is 1. The second kappa shape index (κ2) is 9.00. The van der Waals surface area contributed by atoms with Crippen LogP contribution >= 0.6 is 0 Å². The number of barbiturate groups is 1. The van der Waals surface area contributed by atoms with Gasteiger partial charge < -0.3 is 9.47 Å². The van der Waals surface area contributed by atoms with Gasteiger partial charge in [0.25, 0.3) is 5.56 Å². The predicted molar refractivity (Wildman–Crippen MR) is 136 cm³/mol. The molecule has 4 amide bonds. The SMILES string of the molecule is CC(C)c1ccc(CC2(CN3C[C@@H]4C[C@H](C3)c3cccc(=O)n3C4)C(=O)N(C)C(=O)N(C)C2=O)cc1. The average molecular weight is 491 g/mol. The van der Waals surface area contributed by atoms with Crippen molar-refractivity contribution in [1.82, 2.24) is 19.3 Å². The molecule has 4 heterocycles. The quantitative estimate of drug-likeness (QED) is 0.602. The van der Waals surface area contributed by atoms with E-state index in [-0.39, 0.29) is 30.4 Å². The molecule has 3 aliphatic heterocycles. The van der Waals surface area contributed by atoms with Crippen LogP contribution in [0.4, 0.5) is 4.79 Å². The summed E-state index contributed by atoms with van der Waals surface area (Å²) in [6.45, 7) is 6.50. The van der Waals surface area contributed by atoms with Crippen LogP contribution in [-0.4, -0.2) is 70.8 Å². The molecule has 0 unspecified atom stereocenters. The summed E-state index contributed by atoms with van der Waals surface area (Å²) >= 11 is 0. The number of hydrogen-bond acceptors (Lipinski definition) is 5. The fraction of sp³-hybridized carbons (Fsp3) is 0.500. The number of rotatable bonds is 5. The maximum absolute atomic E-state index is 13.7. The van der Waals surface area contributed by atoms with Crippen LogP contribution in [0.25, 0.3) is 0 Å². The lowest BCUT2D eigenvalue weighted by atomic mass is 9.75. The van der Waals surface area contributed by atoms with E-state index in [0.717, 1.165) is 27.5 Å². The zero-order valence-corrected chi connectivity index (χ0v) is 21.4. The highest BCUT2D eigenvalue weighted by atomic mass is 16.2. The molecule has 2 atom stereocenters. The highest BCUT2D eigenvalue weighted by Gasteiger charge is 2.56. The third kappa shape index (κ3) is 3.97. The molecular formula is C28H34N4O4. The number of piperidine rings is 1. The number of carbonyl (C=O) groups is 3. The third-order valence-corrected chi connectivity index (χ3v) is 8.20. The monoisotopic (exact) mass is 490 g/mol. The largest absolute Gasteiger partial charge is 0.332 e. The number of hydrogen-bond donors (Lipinski definition) is 0. The molecular weight excluding hydrogens is 456 g/mol. The summed E-state index contributed by atoms with van der Waals surface area (Å²) in [5, 5.41) is 0. The summed E-state index contributed by atoms with van der Waals surface area (Å²) < 4.78 is 1.87. The van der Waals surface area contributed by atoms with E-state index in [1.165, 1.54) is 19.7 Å². The van der Waals surface area contributed by atoms with E-state index in [4.69, 9.17) is 0 Å². The first-order valence-corrected chi connectivity index (χ1v) is 12.7. The van der Waals surface area contributed by atoms with E-state index < -0.39 is 23.3 Å². The van der Waals surface area contributed by atoms with E-state index in [2.05, 4.69) is 18.7 Å². The Morgan fingerprint density at radius 1 is 0.889 bits per heavy atom. The molecule has 1 aromatic heterocycles. The minimum atomic E-state index is -1.39. The maximum atomic E-state index is 13.7. The molecule has 2 saturated heterocycles. The van der Waals surface area contributed by atoms with Crippen LogP contribution < -0.4 is 5.56 Å². The van der Waals surface area contributed by atoms with Crippen LogP contribution in [0.5, 0.6) is 0 Å². The Morgan fingerprint density at radius 3 is 2.19 bits per heavy atom. The molecule has 1 aromatic carbocycles. The molecule has 0 aliphatic carbocycles. The van der Waals surface area contributed by atoms with Crippen LogP contribution in [0.15, 0.2) is 47.3 Å². The zero-order valence-electron chi connectivity index (χ0n) is 21.4. The Hall–Kier alpha value is -3.26. The number of amides is 4. The van der Waals surface area contributed by atoms with Crippen molar-refractivity contribution in [3.8, 4) is 0 Å². The Labute approximate surface area is 211 Å². The van der Waals surface area contributed by atoms with Crippen LogP contribution in [-0.2, 0) is 22.6 Å². The molecule has 8 heteroatoms. The molecule has 0 radical (unpaired) electrons. The highest BCUT2D eigenvalue weighted by molar-refractivity contribution is 6.19. The lowest BCUT2D eigenvalue weighted by Crippen LogP contribution is -2.67. The van der Waals surface area contributed by atoms with E-state index in [9.17, 15) is 19.2 Å². The molecule has 2 aromatic rings. The summed E-state index contributed by atoms with van der Waals surface area (Å²) in [7, 11) is 2.91. The first-order chi connectivity index (χ1) is 17.1. The van der Waals surface area contributed by atoms with Gasteiger partial charge in [0.15, 0.2) is 0 Å². The molecule has 0 saturated carbocycles. The van der Waals surface area contributed by atoms with Crippen LogP contribution in [0.3, 0.4) is 0 Å². The highest BCUT2D eigenvalue weighted by Crippen LogP contribution is 2.39. The van der Waals surface area contributed by atoms with Crippen molar-refractivity contribution in [2.45, 2.75) is 45.1 Å². The summed E-state index contributed by atoms with van der Waals surface area (Å²) in [5.74, 6) is -0.0833. The number of imide groups is 2. The first kappa shape index (κ1) is 24.4. The molecule has 8 nitrogen and oxygen atoms in total. The van der Waals surface area contributed by atoms with Crippen molar-refractivity contribution in [2.75, 3.05) is 33.7 Å². The van der Waals surface area contributed by atoms with Gasteiger partial charge in [-0.1, -0.05) is 44.2 Å². The van der Waals surface area contributed by atoms with Gasteiger partial charge in [0.05, 0.1) is 0 Å². The zero-order chi connectivity index (χ0) is 25.8. The Morgan fingerprint density at radius 2 is 1.56 bits per heavy atom. The topological polar surface area (TPSA) is 82.9 Å².